The molecular formula is C26H28N2O3. The van der Waals surface area contributed by atoms with Crippen LogP contribution in [0.5, 0.6) is 5.75 Å². The maximum Gasteiger partial charge on any atom is 0.258 e. The molecule has 0 unspecified atom stereocenters. The second-order valence-corrected chi connectivity index (χ2v) is 7.67. The fourth-order valence-electron chi connectivity index (χ4n) is 3.28. The highest BCUT2D eigenvalue weighted by molar-refractivity contribution is 6.06. The van der Waals surface area contributed by atoms with E-state index in [0.29, 0.717) is 18.5 Å². The average molecular weight is 417 g/mol. The molecule has 0 spiro atoms. The number of rotatable bonds is 8. The number of hydrogen-bond donors (Lipinski definition) is 1. The second-order valence-electron chi connectivity index (χ2n) is 7.67. The number of ether oxygens (including phenoxy) is 1. The summed E-state index contributed by atoms with van der Waals surface area (Å²) in [5.74, 6) is 0.675. The van der Waals surface area contributed by atoms with Crippen molar-refractivity contribution in [2.75, 3.05) is 12.0 Å². The van der Waals surface area contributed by atoms with Gasteiger partial charge in [-0.2, -0.15) is 0 Å². The summed E-state index contributed by atoms with van der Waals surface area (Å²) in [6.45, 7) is 4.30. The summed E-state index contributed by atoms with van der Waals surface area (Å²) in [6.07, 6.45) is 0.309. The Morgan fingerprint density at radius 3 is 2.06 bits per heavy atom. The first kappa shape index (κ1) is 22.1. The monoisotopic (exact) mass is 416 g/mol. The molecule has 0 fully saturated rings. The number of methoxy groups -OCH3 is 1. The van der Waals surface area contributed by atoms with Gasteiger partial charge in [-0.05, 0) is 61.4 Å². The van der Waals surface area contributed by atoms with Gasteiger partial charge in [0.25, 0.3) is 5.91 Å². The van der Waals surface area contributed by atoms with Crippen LogP contribution < -0.4 is 15.0 Å². The molecule has 1 N–H and O–H groups in total. The van der Waals surface area contributed by atoms with E-state index in [1.165, 1.54) is 0 Å². The zero-order valence-electron chi connectivity index (χ0n) is 18.2. The Morgan fingerprint density at radius 1 is 0.871 bits per heavy atom. The Kier molecular flexibility index (Phi) is 7.44. The SMILES string of the molecule is COc1ccc(CN(C(=O)c2ccccc2)c2ccc(CC(=O)NC(C)C)cc2)cc1. The Labute approximate surface area is 183 Å². The summed E-state index contributed by atoms with van der Waals surface area (Å²) in [5.41, 5.74) is 3.29. The van der Waals surface area contributed by atoms with Crippen molar-refractivity contribution in [3.63, 3.8) is 0 Å². The minimum Gasteiger partial charge on any atom is -0.497 e. The van der Waals surface area contributed by atoms with E-state index in [9.17, 15) is 9.59 Å². The van der Waals surface area contributed by atoms with Crippen LogP contribution in [0.15, 0.2) is 78.9 Å². The van der Waals surface area contributed by atoms with Crippen LogP contribution in [0.4, 0.5) is 5.69 Å². The number of hydrogen-bond acceptors (Lipinski definition) is 3. The predicted molar refractivity (Wildman–Crippen MR) is 123 cm³/mol. The minimum atomic E-state index is -0.0817. The van der Waals surface area contributed by atoms with Crippen LogP contribution in [0.1, 0.15) is 35.3 Å². The quantitative estimate of drug-likeness (QED) is 0.583. The first-order valence-electron chi connectivity index (χ1n) is 10.3. The normalized spacial score (nSPS) is 10.6. The largest absolute Gasteiger partial charge is 0.497 e. The van der Waals surface area contributed by atoms with E-state index in [-0.39, 0.29) is 17.9 Å². The van der Waals surface area contributed by atoms with Crippen LogP contribution in [0.3, 0.4) is 0 Å². The highest BCUT2D eigenvalue weighted by Gasteiger charge is 2.18. The van der Waals surface area contributed by atoms with E-state index in [1.54, 1.807) is 12.0 Å². The molecule has 5 nitrogen and oxygen atoms in total. The summed E-state index contributed by atoms with van der Waals surface area (Å²) >= 11 is 0. The zero-order chi connectivity index (χ0) is 22.2. The summed E-state index contributed by atoms with van der Waals surface area (Å²) in [7, 11) is 1.63. The summed E-state index contributed by atoms with van der Waals surface area (Å²) in [6, 6.07) is 24.6. The maximum absolute atomic E-state index is 13.3. The number of nitrogens with zero attached hydrogens (tertiary/aromatic N) is 1. The smallest absolute Gasteiger partial charge is 0.258 e. The van der Waals surface area contributed by atoms with Gasteiger partial charge in [0.05, 0.1) is 20.1 Å². The molecule has 0 aliphatic rings. The van der Waals surface area contributed by atoms with Gasteiger partial charge in [0, 0.05) is 17.3 Å². The number of carbonyl (C=O) groups is 2. The van der Waals surface area contributed by atoms with Crippen molar-refractivity contribution in [1.29, 1.82) is 0 Å². The van der Waals surface area contributed by atoms with Gasteiger partial charge in [-0.3, -0.25) is 9.59 Å². The fourth-order valence-corrected chi connectivity index (χ4v) is 3.28. The van der Waals surface area contributed by atoms with E-state index in [2.05, 4.69) is 5.32 Å². The summed E-state index contributed by atoms with van der Waals surface area (Å²) in [4.78, 5) is 27.1. The molecule has 0 bridgehead atoms. The molecule has 0 heterocycles. The summed E-state index contributed by atoms with van der Waals surface area (Å²) in [5, 5.41) is 2.90. The number of amides is 2. The molecule has 3 aromatic rings. The summed E-state index contributed by atoms with van der Waals surface area (Å²) < 4.78 is 5.23. The molecule has 0 aromatic heterocycles. The van der Waals surface area contributed by atoms with E-state index in [1.807, 2.05) is 92.7 Å². The lowest BCUT2D eigenvalue weighted by molar-refractivity contribution is -0.120. The van der Waals surface area contributed by atoms with Gasteiger partial charge < -0.3 is 15.0 Å². The fraction of sp³-hybridized carbons (Fsp3) is 0.231. The van der Waals surface area contributed by atoms with Gasteiger partial charge in [-0.1, -0.05) is 42.5 Å². The molecule has 0 radical (unpaired) electrons. The van der Waals surface area contributed by atoms with Crippen molar-refractivity contribution in [3.8, 4) is 5.75 Å². The molecule has 3 aromatic carbocycles. The molecule has 0 atom stereocenters. The van der Waals surface area contributed by atoms with E-state index < -0.39 is 0 Å². The van der Waals surface area contributed by atoms with Gasteiger partial charge in [-0.15, -0.1) is 0 Å². The Bertz CT molecular complexity index is 997. The van der Waals surface area contributed by atoms with Crippen LogP contribution in [0, 0.1) is 0 Å². The highest BCUT2D eigenvalue weighted by atomic mass is 16.5. The molecule has 0 aliphatic carbocycles. The van der Waals surface area contributed by atoms with Crippen molar-refractivity contribution in [3.05, 3.63) is 95.6 Å². The Morgan fingerprint density at radius 2 is 1.48 bits per heavy atom. The maximum atomic E-state index is 13.3. The van der Waals surface area contributed by atoms with Gasteiger partial charge in [0.1, 0.15) is 5.75 Å². The van der Waals surface area contributed by atoms with E-state index >= 15 is 0 Å². The standard InChI is InChI=1S/C26H28N2O3/c1-19(2)27-25(29)17-20-9-13-23(14-10-20)28(26(30)22-7-5-4-6-8-22)18-21-11-15-24(31-3)16-12-21/h4-16,19H,17-18H2,1-3H3,(H,27,29). The number of benzene rings is 3. The lowest BCUT2D eigenvalue weighted by atomic mass is 10.1. The third-order valence-corrected chi connectivity index (χ3v) is 4.83. The van der Waals surface area contributed by atoms with Crippen molar-refractivity contribution in [2.24, 2.45) is 0 Å². The third kappa shape index (κ3) is 6.19. The van der Waals surface area contributed by atoms with E-state index in [0.717, 1.165) is 22.6 Å². The zero-order valence-corrected chi connectivity index (χ0v) is 18.2. The molecule has 0 saturated carbocycles. The van der Waals surface area contributed by atoms with Crippen LogP contribution in [0.2, 0.25) is 0 Å². The van der Waals surface area contributed by atoms with Crippen LogP contribution >= 0.6 is 0 Å². The predicted octanol–water partition coefficient (Wildman–Crippen LogP) is 4.61. The molecule has 31 heavy (non-hydrogen) atoms. The molecule has 2 amide bonds. The Balaban J connectivity index is 1.84. The van der Waals surface area contributed by atoms with Gasteiger partial charge >= 0.3 is 0 Å². The van der Waals surface area contributed by atoms with Crippen LogP contribution in [-0.2, 0) is 17.8 Å². The third-order valence-electron chi connectivity index (χ3n) is 4.83. The lowest BCUT2D eigenvalue weighted by Gasteiger charge is -2.24. The van der Waals surface area contributed by atoms with Crippen molar-refractivity contribution >= 4 is 17.5 Å². The molecular weight excluding hydrogens is 388 g/mol. The average Bonchev–Trinajstić information content (AvgIpc) is 2.78. The highest BCUT2D eigenvalue weighted by Crippen LogP contribution is 2.22. The second kappa shape index (κ2) is 10.4. The molecule has 3 rings (SSSR count). The molecule has 5 heteroatoms. The molecule has 160 valence electrons. The number of anilines is 1. The van der Waals surface area contributed by atoms with Crippen molar-refractivity contribution < 1.29 is 14.3 Å². The topological polar surface area (TPSA) is 58.6 Å². The van der Waals surface area contributed by atoms with Crippen molar-refractivity contribution in [2.45, 2.75) is 32.9 Å². The number of carbonyl (C=O) groups excluding carboxylic acids is 2. The molecule has 0 aliphatic heterocycles. The van der Waals surface area contributed by atoms with Gasteiger partial charge in [0.15, 0.2) is 0 Å². The van der Waals surface area contributed by atoms with Crippen LogP contribution in [0.25, 0.3) is 0 Å². The first-order valence-corrected chi connectivity index (χ1v) is 10.3. The minimum absolute atomic E-state index is 0.0156. The lowest BCUT2D eigenvalue weighted by Crippen LogP contribution is -2.31. The number of nitrogens with one attached hydrogen (secondary N) is 1. The van der Waals surface area contributed by atoms with Gasteiger partial charge in [-0.25, -0.2) is 0 Å². The van der Waals surface area contributed by atoms with E-state index in [4.69, 9.17) is 4.74 Å². The Hall–Kier alpha value is -3.60. The van der Waals surface area contributed by atoms with Crippen LogP contribution in [-0.4, -0.2) is 25.0 Å². The first-order chi connectivity index (χ1) is 15.0. The van der Waals surface area contributed by atoms with Crippen molar-refractivity contribution in [1.82, 2.24) is 5.32 Å². The van der Waals surface area contributed by atoms with Gasteiger partial charge in [0.2, 0.25) is 5.91 Å². The molecule has 0 saturated heterocycles.